The molecule has 2 rings (SSSR count). The first kappa shape index (κ1) is 11.8. The van der Waals surface area contributed by atoms with Crippen molar-refractivity contribution in [2.75, 3.05) is 23.7 Å². The van der Waals surface area contributed by atoms with Gasteiger partial charge in [-0.2, -0.15) is 0 Å². The van der Waals surface area contributed by atoms with Crippen molar-refractivity contribution >= 4 is 17.4 Å². The van der Waals surface area contributed by atoms with Crippen LogP contribution in [0.25, 0.3) is 0 Å². The van der Waals surface area contributed by atoms with Gasteiger partial charge in [-0.25, -0.2) is 0 Å². The molecule has 0 amide bonds. The van der Waals surface area contributed by atoms with Gasteiger partial charge in [-0.3, -0.25) is 0 Å². The quantitative estimate of drug-likeness (QED) is 0.874. The van der Waals surface area contributed by atoms with E-state index in [4.69, 9.17) is 5.73 Å². The highest BCUT2D eigenvalue weighted by Gasteiger charge is 2.20. The molecule has 1 aromatic rings. The molecule has 0 fully saturated rings. The van der Waals surface area contributed by atoms with Crippen LogP contribution in [0.15, 0.2) is 23.1 Å². The summed E-state index contributed by atoms with van der Waals surface area (Å²) in [4.78, 5) is 3.86. The van der Waals surface area contributed by atoms with Gasteiger partial charge in [0.15, 0.2) is 0 Å². The van der Waals surface area contributed by atoms with Crippen LogP contribution in [0.3, 0.4) is 0 Å². The van der Waals surface area contributed by atoms with Crippen LogP contribution in [0.5, 0.6) is 0 Å². The van der Waals surface area contributed by atoms with Gasteiger partial charge >= 0.3 is 0 Å². The molecule has 0 saturated carbocycles. The first-order valence-corrected chi connectivity index (χ1v) is 6.97. The van der Waals surface area contributed by atoms with Crippen LogP contribution in [0.4, 0.5) is 5.69 Å². The fourth-order valence-electron chi connectivity index (χ4n) is 2.09. The first-order chi connectivity index (χ1) is 7.76. The zero-order valence-electron chi connectivity index (χ0n) is 10.1. The van der Waals surface area contributed by atoms with E-state index in [0.717, 1.165) is 19.5 Å². The third-order valence-corrected chi connectivity index (χ3v) is 4.23. The van der Waals surface area contributed by atoms with E-state index < -0.39 is 0 Å². The molecule has 16 heavy (non-hydrogen) atoms. The topological polar surface area (TPSA) is 29.3 Å². The maximum absolute atomic E-state index is 5.77. The maximum atomic E-state index is 5.77. The van der Waals surface area contributed by atoms with Crippen molar-refractivity contribution in [1.29, 1.82) is 0 Å². The molecular formula is C13H20N2S. The lowest BCUT2D eigenvalue weighted by molar-refractivity contribution is 0.651. The fraction of sp³-hybridized carbons (Fsp3) is 0.538. The maximum Gasteiger partial charge on any atom is 0.0507 e. The summed E-state index contributed by atoms with van der Waals surface area (Å²) in [5, 5.41) is 0. The van der Waals surface area contributed by atoms with E-state index in [1.807, 2.05) is 11.8 Å². The van der Waals surface area contributed by atoms with Gasteiger partial charge in [-0.15, -0.1) is 11.8 Å². The predicted octanol–water partition coefficient (Wildman–Crippen LogP) is 2.51. The normalized spacial score (nSPS) is 17.1. The number of rotatable bonds is 3. The molecule has 1 atom stereocenters. The molecule has 2 N–H and O–H groups in total. The molecule has 1 aliphatic heterocycles. The number of thioether (sulfide) groups is 1. The molecule has 3 heteroatoms. The van der Waals surface area contributed by atoms with Crippen molar-refractivity contribution in [1.82, 2.24) is 0 Å². The Hall–Kier alpha value is -0.670. The highest BCUT2D eigenvalue weighted by Crippen LogP contribution is 2.36. The van der Waals surface area contributed by atoms with Crippen LogP contribution < -0.4 is 10.6 Å². The van der Waals surface area contributed by atoms with E-state index >= 15 is 0 Å². The van der Waals surface area contributed by atoms with Gasteiger partial charge in [0.25, 0.3) is 0 Å². The number of benzene rings is 1. The lowest BCUT2D eigenvalue weighted by Gasteiger charge is -2.35. The first-order valence-electron chi connectivity index (χ1n) is 5.98. The number of fused-ring (bicyclic) bond motifs is 1. The summed E-state index contributed by atoms with van der Waals surface area (Å²) < 4.78 is 0. The lowest BCUT2D eigenvalue weighted by Crippen LogP contribution is -2.41. The van der Waals surface area contributed by atoms with E-state index in [9.17, 15) is 0 Å². The Bertz CT molecular complexity index is 365. The van der Waals surface area contributed by atoms with Gasteiger partial charge < -0.3 is 10.6 Å². The minimum absolute atomic E-state index is 0.437. The number of hydrogen-bond donors (Lipinski definition) is 1. The third kappa shape index (κ3) is 2.20. The summed E-state index contributed by atoms with van der Waals surface area (Å²) in [5.41, 5.74) is 8.56. The Kier molecular flexibility index (Phi) is 3.77. The van der Waals surface area contributed by atoms with Crippen LogP contribution in [0.1, 0.15) is 19.4 Å². The Morgan fingerprint density at radius 3 is 3.00 bits per heavy atom. The second-order valence-electron chi connectivity index (χ2n) is 4.28. The number of aryl methyl sites for hydroxylation is 1. The molecule has 1 aliphatic rings. The number of nitrogens with two attached hydrogens (primary N) is 1. The average molecular weight is 236 g/mol. The summed E-state index contributed by atoms with van der Waals surface area (Å²) in [6.07, 6.45) is 1.11. The summed E-state index contributed by atoms with van der Waals surface area (Å²) in [6.45, 7) is 6.24. The second kappa shape index (κ2) is 5.11. The van der Waals surface area contributed by atoms with Crippen LogP contribution in [0.2, 0.25) is 0 Å². The molecular weight excluding hydrogens is 216 g/mol. The highest BCUT2D eigenvalue weighted by atomic mass is 32.2. The number of nitrogens with zero attached hydrogens (tertiary/aromatic N) is 1. The molecule has 1 unspecified atom stereocenters. The predicted molar refractivity (Wildman–Crippen MR) is 72.4 cm³/mol. The van der Waals surface area contributed by atoms with E-state index in [0.29, 0.717) is 6.04 Å². The van der Waals surface area contributed by atoms with Crippen molar-refractivity contribution in [3.63, 3.8) is 0 Å². The highest BCUT2D eigenvalue weighted by molar-refractivity contribution is 7.99. The second-order valence-corrected chi connectivity index (χ2v) is 5.42. The van der Waals surface area contributed by atoms with E-state index in [1.165, 1.54) is 21.9 Å². The molecule has 0 bridgehead atoms. The minimum Gasteiger partial charge on any atom is -0.366 e. The van der Waals surface area contributed by atoms with Crippen LogP contribution in [-0.4, -0.2) is 24.9 Å². The van der Waals surface area contributed by atoms with Gasteiger partial charge in [-0.05, 0) is 31.0 Å². The Balaban J connectivity index is 2.32. The molecule has 0 radical (unpaired) electrons. The number of hydrogen-bond acceptors (Lipinski definition) is 3. The molecule has 0 aromatic heterocycles. The van der Waals surface area contributed by atoms with Crippen molar-refractivity contribution in [3.8, 4) is 0 Å². The Labute approximate surface area is 102 Å². The zero-order valence-corrected chi connectivity index (χ0v) is 10.9. The zero-order chi connectivity index (χ0) is 11.5. The molecule has 1 heterocycles. The summed E-state index contributed by atoms with van der Waals surface area (Å²) >= 11 is 1.97. The van der Waals surface area contributed by atoms with Gasteiger partial charge in [-0.1, -0.05) is 13.0 Å². The van der Waals surface area contributed by atoms with Crippen molar-refractivity contribution in [2.24, 2.45) is 5.73 Å². The fourth-order valence-corrected chi connectivity index (χ4v) is 3.17. The summed E-state index contributed by atoms with van der Waals surface area (Å²) in [7, 11) is 0. The van der Waals surface area contributed by atoms with Gasteiger partial charge in [0, 0.05) is 29.8 Å². The van der Waals surface area contributed by atoms with E-state index in [-0.39, 0.29) is 0 Å². The monoisotopic (exact) mass is 236 g/mol. The smallest absolute Gasteiger partial charge is 0.0507 e. The van der Waals surface area contributed by atoms with Gasteiger partial charge in [0.2, 0.25) is 0 Å². The van der Waals surface area contributed by atoms with Crippen LogP contribution in [0, 0.1) is 0 Å². The standard InChI is InChI=1S/C13H20N2S/c1-3-11-4-5-12-13(8-11)16-7-6-15(12)10(2)9-14/h4-5,8,10H,3,6-7,9,14H2,1-2H3. The average Bonchev–Trinajstić information content (AvgIpc) is 2.36. The van der Waals surface area contributed by atoms with E-state index in [2.05, 4.69) is 36.9 Å². The molecule has 0 spiro atoms. The Morgan fingerprint density at radius 1 is 1.50 bits per heavy atom. The summed E-state index contributed by atoms with van der Waals surface area (Å²) in [5.74, 6) is 1.17. The van der Waals surface area contributed by atoms with Crippen LogP contribution >= 0.6 is 11.8 Å². The largest absolute Gasteiger partial charge is 0.366 e. The Morgan fingerprint density at radius 2 is 2.31 bits per heavy atom. The van der Waals surface area contributed by atoms with Crippen molar-refractivity contribution in [2.45, 2.75) is 31.2 Å². The van der Waals surface area contributed by atoms with Gasteiger partial charge in [0.1, 0.15) is 0 Å². The van der Waals surface area contributed by atoms with Crippen molar-refractivity contribution < 1.29 is 0 Å². The van der Waals surface area contributed by atoms with E-state index in [1.54, 1.807) is 0 Å². The molecule has 2 nitrogen and oxygen atoms in total. The van der Waals surface area contributed by atoms with Crippen LogP contribution in [-0.2, 0) is 6.42 Å². The minimum atomic E-state index is 0.437. The van der Waals surface area contributed by atoms with Crippen molar-refractivity contribution in [3.05, 3.63) is 23.8 Å². The molecule has 0 aliphatic carbocycles. The third-order valence-electron chi connectivity index (χ3n) is 3.20. The van der Waals surface area contributed by atoms with Gasteiger partial charge in [0.05, 0.1) is 5.69 Å². The molecule has 1 aromatic carbocycles. The summed E-state index contributed by atoms with van der Waals surface area (Å²) in [6, 6.07) is 7.26. The number of anilines is 1. The molecule has 88 valence electrons. The molecule has 0 saturated heterocycles. The lowest BCUT2D eigenvalue weighted by atomic mass is 10.1. The SMILES string of the molecule is CCc1ccc2c(c1)SCCN2C(C)CN.